The van der Waals surface area contributed by atoms with Crippen LogP contribution in [0.2, 0.25) is 0 Å². The zero-order valence-corrected chi connectivity index (χ0v) is 34.3. The predicted octanol–water partition coefficient (Wildman–Crippen LogP) is 4.89. The van der Waals surface area contributed by atoms with E-state index in [2.05, 4.69) is 46.5 Å². The number of Topliss-reactive ketones (excluding diaryl/α,β-unsaturated/α-hetero) is 1. The summed E-state index contributed by atoms with van der Waals surface area (Å²) in [6.45, 7) is 18.8. The number of ether oxygens (including phenoxy) is 4. The van der Waals surface area contributed by atoms with Crippen LogP contribution < -0.4 is 17.2 Å². The number of hydrogen-bond acceptors (Lipinski definition) is 9. The molecule has 3 fully saturated rings. The van der Waals surface area contributed by atoms with E-state index in [0.29, 0.717) is 76.3 Å². The van der Waals surface area contributed by atoms with Crippen LogP contribution in [0.3, 0.4) is 0 Å². The van der Waals surface area contributed by atoms with Gasteiger partial charge in [-0.1, -0.05) is 41.5 Å². The van der Waals surface area contributed by atoms with Crippen LogP contribution in [0.5, 0.6) is 0 Å². The van der Waals surface area contributed by atoms with Gasteiger partial charge in [-0.25, -0.2) is 0 Å². The first-order chi connectivity index (χ1) is 25.4. The second-order valence-electron chi connectivity index (χ2n) is 18.1. The minimum absolute atomic E-state index is 0.0118. The summed E-state index contributed by atoms with van der Waals surface area (Å²) in [6.07, 6.45) is 7.84. The molecule has 0 saturated heterocycles. The van der Waals surface area contributed by atoms with Crippen molar-refractivity contribution in [1.29, 1.82) is 0 Å². The molecule has 3 saturated carbocycles. The van der Waals surface area contributed by atoms with E-state index in [1.165, 1.54) is 0 Å². The van der Waals surface area contributed by atoms with Crippen LogP contribution in [-0.4, -0.2) is 101 Å². The van der Waals surface area contributed by atoms with E-state index in [1.54, 1.807) is 0 Å². The molecule has 8 N–H and O–H groups in total. The zero-order chi connectivity index (χ0) is 38.9. The van der Waals surface area contributed by atoms with Crippen LogP contribution in [0.4, 0.5) is 0 Å². The maximum atomic E-state index is 14.8. The molecule has 11 nitrogen and oxygen atoms in total. The standard InChI is InChI=1S/C42H80N4O7/c1-27(2)11-15-50-22-32-18-30(20-47)39(37(32)25-51-16-12-28(3)4)35-9-10-36(41(35)49)40-31(21-48)19-33(38(40)26-52-17-13-29(5)6)23-53-24-34(43)8-7-14-46-42(44)45/h27-40,47-48H,7-26,43H2,1-6H3,(H4,44,45,46)/t30-,31+,32+,33-,34-,35?,36?,37-,38+,39?,40?/m0/s1. The van der Waals surface area contributed by atoms with Gasteiger partial charge in [0.15, 0.2) is 5.96 Å². The van der Waals surface area contributed by atoms with Gasteiger partial charge in [-0.3, -0.25) is 9.79 Å². The van der Waals surface area contributed by atoms with Gasteiger partial charge < -0.3 is 46.4 Å². The summed E-state index contributed by atoms with van der Waals surface area (Å²) in [5.74, 6) is 2.71. The second-order valence-corrected chi connectivity index (χ2v) is 18.1. The van der Waals surface area contributed by atoms with Crippen LogP contribution in [0, 0.1) is 76.9 Å². The summed E-state index contributed by atoms with van der Waals surface area (Å²) in [5, 5.41) is 21.5. The largest absolute Gasteiger partial charge is 0.396 e. The molecule has 0 aromatic rings. The number of rotatable bonds is 27. The molecule has 0 aromatic carbocycles. The molecule has 0 heterocycles. The van der Waals surface area contributed by atoms with Gasteiger partial charge in [-0.15, -0.1) is 0 Å². The summed E-state index contributed by atoms with van der Waals surface area (Å²) < 4.78 is 25.2. The molecule has 4 unspecified atom stereocenters. The minimum atomic E-state index is -0.137. The first-order valence-corrected chi connectivity index (χ1v) is 21.2. The molecular formula is C42H80N4O7. The molecule has 3 aliphatic carbocycles. The summed E-state index contributed by atoms with van der Waals surface area (Å²) >= 11 is 0. The van der Waals surface area contributed by atoms with Crippen molar-refractivity contribution >= 4 is 11.7 Å². The molecule has 11 atom stereocenters. The van der Waals surface area contributed by atoms with Gasteiger partial charge in [0.05, 0.1) is 19.8 Å². The number of ketones is 1. The monoisotopic (exact) mass is 753 g/mol. The lowest BCUT2D eigenvalue weighted by atomic mass is 9.73. The summed E-state index contributed by atoms with van der Waals surface area (Å²) in [4.78, 5) is 18.8. The Morgan fingerprint density at radius 2 is 1.11 bits per heavy atom. The maximum Gasteiger partial charge on any atom is 0.185 e. The van der Waals surface area contributed by atoms with Gasteiger partial charge >= 0.3 is 0 Å². The molecule has 3 rings (SSSR count). The smallest absolute Gasteiger partial charge is 0.185 e. The van der Waals surface area contributed by atoms with Crippen molar-refractivity contribution < 1.29 is 34.0 Å². The number of guanidine groups is 1. The normalized spacial score (nSPS) is 31.1. The molecule has 0 spiro atoms. The van der Waals surface area contributed by atoms with E-state index in [4.69, 9.17) is 36.1 Å². The lowest BCUT2D eigenvalue weighted by Gasteiger charge is -2.33. The van der Waals surface area contributed by atoms with E-state index in [-0.39, 0.29) is 84.4 Å². The Morgan fingerprint density at radius 3 is 1.53 bits per heavy atom. The van der Waals surface area contributed by atoms with Crippen molar-refractivity contribution in [2.75, 3.05) is 72.6 Å². The van der Waals surface area contributed by atoms with Crippen LogP contribution in [-0.2, 0) is 23.7 Å². The number of aliphatic hydroxyl groups is 2. The average Bonchev–Trinajstić information content (AvgIpc) is 3.76. The van der Waals surface area contributed by atoms with Gasteiger partial charge in [0.2, 0.25) is 0 Å². The van der Waals surface area contributed by atoms with Gasteiger partial charge in [-0.05, 0) is 123 Å². The minimum Gasteiger partial charge on any atom is -0.396 e. The molecule has 0 bridgehead atoms. The molecule has 53 heavy (non-hydrogen) atoms. The van der Waals surface area contributed by atoms with Crippen molar-refractivity contribution in [3.63, 3.8) is 0 Å². The molecule has 0 amide bonds. The van der Waals surface area contributed by atoms with E-state index in [9.17, 15) is 15.0 Å². The molecule has 3 aliphatic rings. The first-order valence-electron chi connectivity index (χ1n) is 21.2. The van der Waals surface area contributed by atoms with Crippen molar-refractivity contribution in [3.8, 4) is 0 Å². The SMILES string of the molecule is CC(C)CCOC[C@H]1C[C@@H](CO)C(C2CCC(C3[C@@H](CO)C[C@@H](COC[C@@H](N)CCCN=C(N)N)[C@H]3COCCC(C)C)C2=O)[C@H]1COCCC(C)C. The van der Waals surface area contributed by atoms with Gasteiger partial charge in [-0.2, -0.15) is 0 Å². The van der Waals surface area contributed by atoms with E-state index in [1.807, 2.05) is 0 Å². The zero-order valence-electron chi connectivity index (χ0n) is 34.3. The third kappa shape index (κ3) is 14.9. The van der Waals surface area contributed by atoms with Crippen molar-refractivity contribution in [2.45, 2.75) is 105 Å². The third-order valence-corrected chi connectivity index (χ3v) is 12.6. The third-order valence-electron chi connectivity index (χ3n) is 12.6. The Bertz CT molecular complexity index is 1040. The Balaban J connectivity index is 1.76. The van der Waals surface area contributed by atoms with Crippen LogP contribution in [0.25, 0.3) is 0 Å². The highest BCUT2D eigenvalue weighted by Crippen LogP contribution is 2.55. The fraction of sp³-hybridized carbons (Fsp3) is 0.952. The van der Waals surface area contributed by atoms with Crippen molar-refractivity contribution in [2.24, 2.45) is 99.1 Å². The highest BCUT2D eigenvalue weighted by Gasteiger charge is 2.56. The van der Waals surface area contributed by atoms with Crippen molar-refractivity contribution in [3.05, 3.63) is 0 Å². The lowest BCUT2D eigenvalue weighted by Crippen LogP contribution is -2.38. The quantitative estimate of drug-likeness (QED) is 0.0440. The molecule has 11 heteroatoms. The fourth-order valence-electron chi connectivity index (χ4n) is 9.62. The Morgan fingerprint density at radius 1 is 0.679 bits per heavy atom. The molecule has 0 radical (unpaired) electrons. The predicted molar refractivity (Wildman–Crippen MR) is 212 cm³/mol. The second kappa shape index (κ2) is 24.3. The number of nitrogens with two attached hydrogens (primary N) is 3. The maximum absolute atomic E-state index is 14.8. The highest BCUT2D eigenvalue weighted by molar-refractivity contribution is 5.86. The van der Waals surface area contributed by atoms with Crippen LogP contribution in [0.1, 0.15) is 99.3 Å². The number of nitrogens with zero attached hydrogens (tertiary/aromatic N) is 1. The van der Waals surface area contributed by atoms with E-state index >= 15 is 0 Å². The van der Waals surface area contributed by atoms with Crippen LogP contribution in [0.15, 0.2) is 4.99 Å². The summed E-state index contributed by atoms with van der Waals surface area (Å²) in [7, 11) is 0. The number of carbonyl (C=O) groups excluding carboxylic acids is 1. The first kappa shape index (κ1) is 46.0. The topological polar surface area (TPSA) is 185 Å². The van der Waals surface area contributed by atoms with Crippen LogP contribution >= 0.6 is 0 Å². The number of aliphatic imine (C=N–C) groups is 1. The molecule has 0 aromatic heterocycles. The molecule has 310 valence electrons. The number of carbonyl (C=O) groups is 1. The Labute approximate surface area is 322 Å². The van der Waals surface area contributed by atoms with Gasteiger partial charge in [0.1, 0.15) is 5.78 Å². The van der Waals surface area contributed by atoms with Crippen molar-refractivity contribution in [1.82, 2.24) is 0 Å². The van der Waals surface area contributed by atoms with Gasteiger partial charge in [0, 0.05) is 70.7 Å². The highest BCUT2D eigenvalue weighted by atomic mass is 16.5. The number of hydrogen-bond donors (Lipinski definition) is 5. The lowest BCUT2D eigenvalue weighted by molar-refractivity contribution is -0.130. The number of aliphatic hydroxyl groups excluding tert-OH is 2. The fourth-order valence-corrected chi connectivity index (χ4v) is 9.62. The van der Waals surface area contributed by atoms with E-state index in [0.717, 1.165) is 64.4 Å². The summed E-state index contributed by atoms with van der Waals surface area (Å²) in [5.41, 5.74) is 17.3. The van der Waals surface area contributed by atoms with Gasteiger partial charge in [0.25, 0.3) is 0 Å². The molecular weight excluding hydrogens is 672 g/mol. The Hall–Kier alpha value is -1.34. The van der Waals surface area contributed by atoms with E-state index < -0.39 is 0 Å². The molecule has 0 aliphatic heterocycles. The Kier molecular flexibility index (Phi) is 21.1. The average molecular weight is 753 g/mol. The summed E-state index contributed by atoms with van der Waals surface area (Å²) in [6, 6.07) is -0.120.